The zero-order valence-electron chi connectivity index (χ0n) is 37.4. The Hall–Kier alpha value is 0.540. The molecule has 0 aliphatic carbocycles. The number of unbranched alkanes of at least 4 members (excludes halogenated alkanes) is 26. The monoisotopic (exact) mass is 822 g/mol. The van der Waals surface area contributed by atoms with Gasteiger partial charge in [0.15, 0.2) is 0 Å². The highest BCUT2D eigenvalue weighted by molar-refractivity contribution is 7.45. The van der Waals surface area contributed by atoms with E-state index in [0.29, 0.717) is 6.61 Å². The summed E-state index contributed by atoms with van der Waals surface area (Å²) in [4.78, 5) is 2.44. The lowest BCUT2D eigenvalue weighted by Gasteiger charge is -2.21. The molecule has 0 fully saturated rings. The molecular weight excluding hydrogens is 724 g/mol. The van der Waals surface area contributed by atoms with Gasteiger partial charge in [-0.3, -0.25) is 10.2 Å². The summed E-state index contributed by atoms with van der Waals surface area (Å²) in [6.45, 7) is 17.1. The van der Waals surface area contributed by atoms with Crippen LogP contribution in [0.4, 0.5) is 0 Å². The van der Waals surface area contributed by atoms with Gasteiger partial charge in [0.1, 0.15) is 0 Å². The molecular formula is C45H97N3O5P2. The van der Waals surface area contributed by atoms with Crippen molar-refractivity contribution in [1.29, 1.82) is 0 Å². The summed E-state index contributed by atoms with van der Waals surface area (Å²) in [5, 5.41) is 16.8. The van der Waals surface area contributed by atoms with Crippen LogP contribution in [0.1, 0.15) is 227 Å². The topological polar surface area (TPSA) is 84.5 Å². The summed E-state index contributed by atoms with van der Waals surface area (Å²) in [7, 11) is -1.96. The molecule has 55 heavy (non-hydrogen) atoms. The van der Waals surface area contributed by atoms with Gasteiger partial charge >= 0.3 is 0 Å². The third kappa shape index (κ3) is 43.9. The van der Waals surface area contributed by atoms with Crippen molar-refractivity contribution in [2.45, 2.75) is 227 Å². The van der Waals surface area contributed by atoms with E-state index in [0.717, 1.165) is 84.6 Å². The maximum atomic E-state index is 9.64. The predicted octanol–water partition coefficient (Wildman–Crippen LogP) is 14.2. The van der Waals surface area contributed by atoms with E-state index in [4.69, 9.17) is 18.1 Å². The second kappa shape index (κ2) is 48.9. The quantitative estimate of drug-likeness (QED) is 0.0413. The first-order valence-corrected chi connectivity index (χ1v) is 26.5. The van der Waals surface area contributed by atoms with E-state index < -0.39 is 17.1 Å². The minimum Gasteiger partial charge on any atom is -0.395 e. The van der Waals surface area contributed by atoms with Crippen LogP contribution >= 0.6 is 17.1 Å². The molecule has 0 amide bonds. The summed E-state index contributed by atoms with van der Waals surface area (Å²) in [5.41, 5.74) is 0. The Balaban J connectivity index is 4.06. The summed E-state index contributed by atoms with van der Waals surface area (Å²) in [6.07, 6.45) is 39.9. The molecule has 0 bridgehead atoms. The third-order valence-corrected chi connectivity index (χ3v) is 13.0. The standard InChI is InChI=1S/C45H97N3O5P2/c1-5-9-12-15-18-19-21-25-30-37-46-54(50-8-4)51-45-36-29-33-40-48(41-42-49)39-32-26-23-28-35-44-53-55(47-38-31-24-20-16-13-10-6-2)52-43-34-27-22-17-14-11-7-3/h46-47,49H,5-45H2,1-4H3. The van der Waals surface area contributed by atoms with Crippen molar-refractivity contribution < 1.29 is 23.2 Å². The van der Waals surface area contributed by atoms with Gasteiger partial charge in [-0.1, -0.05) is 168 Å². The molecule has 0 aliphatic heterocycles. The van der Waals surface area contributed by atoms with E-state index in [1.165, 1.54) is 167 Å². The normalized spacial score (nSPS) is 13.0. The molecule has 0 aromatic carbocycles. The number of aliphatic hydroxyl groups is 1. The van der Waals surface area contributed by atoms with Crippen LogP contribution in [0, 0.1) is 0 Å². The van der Waals surface area contributed by atoms with Crippen molar-refractivity contribution in [3.05, 3.63) is 0 Å². The predicted molar refractivity (Wildman–Crippen MR) is 243 cm³/mol. The first kappa shape index (κ1) is 55.5. The lowest BCUT2D eigenvalue weighted by atomic mass is 10.1. The number of nitrogens with one attached hydrogen (secondary N) is 2. The molecule has 0 spiro atoms. The summed E-state index contributed by atoms with van der Waals surface area (Å²) >= 11 is 0. The van der Waals surface area contributed by atoms with E-state index in [9.17, 15) is 5.11 Å². The minimum absolute atomic E-state index is 0.237. The van der Waals surface area contributed by atoms with Crippen LogP contribution in [0.3, 0.4) is 0 Å². The Bertz CT molecular complexity index is 683. The Morgan fingerprint density at radius 3 is 1.04 bits per heavy atom. The molecule has 0 rings (SSSR count). The van der Waals surface area contributed by atoms with Crippen molar-refractivity contribution in [2.24, 2.45) is 0 Å². The maximum Gasteiger partial charge on any atom is 0.255 e. The molecule has 8 nitrogen and oxygen atoms in total. The molecule has 3 N–H and O–H groups in total. The Labute approximate surface area is 346 Å². The van der Waals surface area contributed by atoms with E-state index in [1.54, 1.807) is 0 Å². The van der Waals surface area contributed by atoms with Crippen molar-refractivity contribution >= 4 is 17.1 Å². The van der Waals surface area contributed by atoms with Gasteiger partial charge in [-0.25, -0.2) is 0 Å². The molecule has 2 unspecified atom stereocenters. The molecule has 332 valence electrons. The molecule has 0 heterocycles. The molecule has 0 saturated carbocycles. The van der Waals surface area contributed by atoms with Crippen LogP contribution in [-0.4, -0.2) is 75.8 Å². The fourth-order valence-electron chi connectivity index (χ4n) is 6.79. The zero-order chi connectivity index (χ0) is 40.0. The van der Waals surface area contributed by atoms with Gasteiger partial charge in [-0.15, -0.1) is 0 Å². The fourth-order valence-corrected chi connectivity index (χ4v) is 9.11. The van der Waals surface area contributed by atoms with E-state index in [2.05, 4.69) is 35.8 Å². The van der Waals surface area contributed by atoms with E-state index in [1.807, 2.05) is 6.92 Å². The molecule has 0 saturated heterocycles. The Kier molecular flexibility index (Phi) is 49.4. The summed E-state index contributed by atoms with van der Waals surface area (Å²) in [6, 6.07) is 0. The first-order valence-electron chi connectivity index (χ1n) is 24.1. The van der Waals surface area contributed by atoms with Crippen LogP contribution in [0.15, 0.2) is 0 Å². The van der Waals surface area contributed by atoms with Crippen molar-refractivity contribution in [3.8, 4) is 0 Å². The summed E-state index contributed by atoms with van der Waals surface area (Å²) < 4.78 is 24.4. The second-order valence-electron chi connectivity index (χ2n) is 15.7. The lowest BCUT2D eigenvalue weighted by Crippen LogP contribution is -2.29. The van der Waals surface area contributed by atoms with Crippen molar-refractivity contribution in [3.63, 3.8) is 0 Å². The molecule has 0 aromatic heterocycles. The van der Waals surface area contributed by atoms with Crippen LogP contribution in [-0.2, 0) is 18.1 Å². The molecule has 2 atom stereocenters. The van der Waals surface area contributed by atoms with E-state index in [-0.39, 0.29) is 6.61 Å². The smallest absolute Gasteiger partial charge is 0.255 e. The van der Waals surface area contributed by atoms with Gasteiger partial charge < -0.3 is 28.1 Å². The molecule has 0 aliphatic rings. The van der Waals surface area contributed by atoms with Crippen LogP contribution in [0.2, 0.25) is 0 Å². The average molecular weight is 822 g/mol. The summed E-state index contributed by atoms with van der Waals surface area (Å²) in [5.74, 6) is 0. The van der Waals surface area contributed by atoms with Crippen LogP contribution in [0.5, 0.6) is 0 Å². The number of hydrogen-bond acceptors (Lipinski definition) is 8. The highest BCUT2D eigenvalue weighted by Crippen LogP contribution is 2.35. The number of rotatable bonds is 49. The van der Waals surface area contributed by atoms with Gasteiger partial charge in [0.2, 0.25) is 0 Å². The molecule has 0 aromatic rings. The zero-order valence-corrected chi connectivity index (χ0v) is 39.2. The lowest BCUT2D eigenvalue weighted by molar-refractivity contribution is 0.188. The van der Waals surface area contributed by atoms with Gasteiger partial charge in [-0.05, 0) is 71.4 Å². The SMILES string of the molecule is CCCCCCCCCCCNP(OCC)OCCCCCN(CCO)CCCCCCCOP(NCCCCCCCCC)OCCCCCCCCC. The number of hydrogen-bond donors (Lipinski definition) is 3. The Morgan fingerprint density at radius 2 is 0.673 bits per heavy atom. The van der Waals surface area contributed by atoms with Gasteiger partial charge in [0.05, 0.1) is 33.0 Å². The average Bonchev–Trinajstić information content (AvgIpc) is 3.19. The van der Waals surface area contributed by atoms with Crippen molar-refractivity contribution in [1.82, 2.24) is 15.1 Å². The number of aliphatic hydroxyl groups excluding tert-OH is 1. The van der Waals surface area contributed by atoms with Gasteiger partial charge in [-0.2, -0.15) is 0 Å². The third-order valence-electron chi connectivity index (χ3n) is 10.3. The minimum atomic E-state index is -0.981. The highest BCUT2D eigenvalue weighted by Gasteiger charge is 2.12. The van der Waals surface area contributed by atoms with Gasteiger partial charge in [0, 0.05) is 19.6 Å². The second-order valence-corrected chi connectivity index (χ2v) is 18.4. The molecule has 10 heteroatoms. The Morgan fingerprint density at radius 1 is 0.364 bits per heavy atom. The van der Waals surface area contributed by atoms with Gasteiger partial charge in [0.25, 0.3) is 17.1 Å². The number of nitrogens with zero attached hydrogens (tertiary/aromatic N) is 1. The van der Waals surface area contributed by atoms with Crippen molar-refractivity contribution in [2.75, 3.05) is 65.8 Å². The first-order chi connectivity index (χ1) is 27.2. The fraction of sp³-hybridized carbons (Fsp3) is 1.00. The van der Waals surface area contributed by atoms with E-state index >= 15 is 0 Å². The largest absolute Gasteiger partial charge is 0.395 e. The molecule has 0 radical (unpaired) electrons. The highest BCUT2D eigenvalue weighted by atomic mass is 31.2. The van der Waals surface area contributed by atoms with Crippen LogP contribution in [0.25, 0.3) is 0 Å². The maximum absolute atomic E-state index is 9.64. The van der Waals surface area contributed by atoms with Crippen LogP contribution < -0.4 is 10.2 Å².